The second-order valence-corrected chi connectivity index (χ2v) is 7.36. The lowest BCUT2D eigenvalue weighted by Crippen LogP contribution is -2.39. The van der Waals surface area contributed by atoms with Crippen LogP contribution in [0.3, 0.4) is 0 Å². The van der Waals surface area contributed by atoms with Gasteiger partial charge in [0.2, 0.25) is 10.0 Å². The molecule has 2 atom stereocenters. The molecule has 1 saturated heterocycles. The van der Waals surface area contributed by atoms with E-state index in [2.05, 4.69) is 17.0 Å². The first-order valence-electron chi connectivity index (χ1n) is 6.91. The van der Waals surface area contributed by atoms with E-state index in [1.54, 1.807) is 6.07 Å². The normalized spacial score (nSPS) is 26.6. The molecule has 1 fully saturated rings. The summed E-state index contributed by atoms with van der Waals surface area (Å²) in [5.74, 6) is 0.337. The van der Waals surface area contributed by atoms with E-state index in [0.717, 1.165) is 25.8 Å². The number of hydrogen-bond donors (Lipinski definition) is 2. The zero-order valence-electron chi connectivity index (χ0n) is 11.1. The summed E-state index contributed by atoms with van der Waals surface area (Å²) in [7, 11) is -3.39. The molecule has 0 aromatic heterocycles. The highest BCUT2D eigenvalue weighted by Crippen LogP contribution is 2.25. The summed E-state index contributed by atoms with van der Waals surface area (Å²) in [4.78, 5) is 0.409. The molecule has 1 aliphatic carbocycles. The Morgan fingerprint density at radius 2 is 2.00 bits per heavy atom. The van der Waals surface area contributed by atoms with Gasteiger partial charge in [-0.3, -0.25) is 0 Å². The number of nitrogens with one attached hydrogen (secondary N) is 2. The van der Waals surface area contributed by atoms with Crippen molar-refractivity contribution in [3.63, 3.8) is 0 Å². The van der Waals surface area contributed by atoms with Crippen LogP contribution in [-0.2, 0) is 22.9 Å². The Bertz CT molecular complexity index is 583. The van der Waals surface area contributed by atoms with Crippen LogP contribution in [0.25, 0.3) is 0 Å². The van der Waals surface area contributed by atoms with Gasteiger partial charge in [-0.05, 0) is 55.0 Å². The Hall–Kier alpha value is -0.910. The molecule has 0 saturated carbocycles. The highest BCUT2D eigenvalue weighted by Gasteiger charge is 2.28. The Morgan fingerprint density at radius 1 is 1.21 bits per heavy atom. The lowest BCUT2D eigenvalue weighted by molar-refractivity contribution is 0.502. The lowest BCUT2D eigenvalue weighted by atomic mass is 10.1. The van der Waals surface area contributed by atoms with Gasteiger partial charge in [0.25, 0.3) is 0 Å². The van der Waals surface area contributed by atoms with E-state index in [1.165, 1.54) is 11.1 Å². The van der Waals surface area contributed by atoms with Crippen molar-refractivity contribution in [1.29, 1.82) is 0 Å². The average Bonchev–Trinajstić information content (AvgIpc) is 2.97. The minimum atomic E-state index is -3.39. The highest BCUT2D eigenvalue weighted by molar-refractivity contribution is 7.89. The number of rotatable bonds is 3. The molecule has 0 radical (unpaired) electrons. The largest absolute Gasteiger partial charge is 0.315 e. The van der Waals surface area contributed by atoms with Gasteiger partial charge in [0.15, 0.2) is 0 Å². The molecule has 1 aromatic rings. The molecule has 5 heteroatoms. The summed E-state index contributed by atoms with van der Waals surface area (Å²) in [6.07, 6.45) is 3.21. The SMILES string of the molecule is CC1CNCC1NS(=O)(=O)c1ccc2c(c1)CCC2. The van der Waals surface area contributed by atoms with Gasteiger partial charge < -0.3 is 5.32 Å². The number of hydrogen-bond acceptors (Lipinski definition) is 3. The Balaban J connectivity index is 1.84. The van der Waals surface area contributed by atoms with Crippen molar-refractivity contribution in [2.75, 3.05) is 13.1 Å². The molecule has 4 nitrogen and oxygen atoms in total. The molecule has 3 rings (SSSR count). The van der Waals surface area contributed by atoms with Gasteiger partial charge >= 0.3 is 0 Å². The van der Waals surface area contributed by atoms with Crippen molar-refractivity contribution < 1.29 is 8.42 Å². The summed E-state index contributed by atoms with van der Waals surface area (Å²) >= 11 is 0. The predicted molar refractivity (Wildman–Crippen MR) is 74.6 cm³/mol. The maximum Gasteiger partial charge on any atom is 0.240 e. The van der Waals surface area contributed by atoms with Crippen LogP contribution in [0, 0.1) is 5.92 Å². The standard InChI is InChI=1S/C14H20N2O2S/c1-10-8-15-9-14(10)16-19(17,18)13-6-5-11-3-2-4-12(11)7-13/h5-7,10,14-16H,2-4,8-9H2,1H3. The highest BCUT2D eigenvalue weighted by atomic mass is 32.2. The fourth-order valence-electron chi connectivity index (χ4n) is 2.95. The minimum Gasteiger partial charge on any atom is -0.315 e. The van der Waals surface area contributed by atoms with E-state index < -0.39 is 10.0 Å². The van der Waals surface area contributed by atoms with Gasteiger partial charge in [0.05, 0.1) is 4.90 Å². The van der Waals surface area contributed by atoms with E-state index in [9.17, 15) is 8.42 Å². The molecule has 2 aliphatic rings. The van der Waals surface area contributed by atoms with Crippen LogP contribution in [0.5, 0.6) is 0 Å². The van der Waals surface area contributed by atoms with Gasteiger partial charge in [-0.25, -0.2) is 13.1 Å². The van der Waals surface area contributed by atoms with Gasteiger partial charge in [0, 0.05) is 12.6 Å². The maximum absolute atomic E-state index is 12.4. The minimum absolute atomic E-state index is 0.00162. The molecule has 0 bridgehead atoms. The molecular formula is C14H20N2O2S. The van der Waals surface area contributed by atoms with Crippen molar-refractivity contribution in [2.45, 2.75) is 37.1 Å². The summed E-state index contributed by atoms with van der Waals surface area (Å²) in [5, 5.41) is 3.21. The van der Waals surface area contributed by atoms with E-state index in [1.807, 2.05) is 12.1 Å². The smallest absolute Gasteiger partial charge is 0.240 e. The van der Waals surface area contributed by atoms with Gasteiger partial charge in [-0.15, -0.1) is 0 Å². The molecule has 0 amide bonds. The Morgan fingerprint density at radius 3 is 2.74 bits per heavy atom. The van der Waals surface area contributed by atoms with Gasteiger partial charge in [-0.1, -0.05) is 13.0 Å². The molecular weight excluding hydrogens is 260 g/mol. The molecule has 19 heavy (non-hydrogen) atoms. The van der Waals surface area contributed by atoms with Crippen LogP contribution in [0.1, 0.15) is 24.5 Å². The van der Waals surface area contributed by atoms with Crippen molar-refractivity contribution >= 4 is 10.0 Å². The van der Waals surface area contributed by atoms with Crippen molar-refractivity contribution in [1.82, 2.24) is 10.0 Å². The molecule has 2 N–H and O–H groups in total. The quantitative estimate of drug-likeness (QED) is 0.870. The molecule has 1 heterocycles. The van der Waals surface area contributed by atoms with Crippen LogP contribution in [0.15, 0.2) is 23.1 Å². The zero-order valence-corrected chi connectivity index (χ0v) is 12.0. The third kappa shape index (κ3) is 2.55. The lowest BCUT2D eigenvalue weighted by Gasteiger charge is -2.16. The number of benzene rings is 1. The summed E-state index contributed by atoms with van der Waals surface area (Å²) < 4.78 is 27.6. The van der Waals surface area contributed by atoms with E-state index in [-0.39, 0.29) is 6.04 Å². The second-order valence-electron chi connectivity index (χ2n) is 5.65. The van der Waals surface area contributed by atoms with Crippen LogP contribution >= 0.6 is 0 Å². The number of fused-ring (bicyclic) bond motifs is 1. The van der Waals surface area contributed by atoms with Crippen LogP contribution < -0.4 is 10.0 Å². The summed E-state index contributed by atoms with van der Waals surface area (Å²) in [5.41, 5.74) is 2.50. The van der Waals surface area contributed by atoms with Gasteiger partial charge in [-0.2, -0.15) is 0 Å². The first-order valence-corrected chi connectivity index (χ1v) is 8.39. The average molecular weight is 280 g/mol. The number of sulfonamides is 1. The predicted octanol–water partition coefficient (Wildman–Crippen LogP) is 1.06. The topological polar surface area (TPSA) is 58.2 Å². The molecule has 1 aromatic carbocycles. The second kappa shape index (κ2) is 4.89. The van der Waals surface area contributed by atoms with E-state index in [4.69, 9.17) is 0 Å². The monoisotopic (exact) mass is 280 g/mol. The van der Waals surface area contributed by atoms with Crippen molar-refractivity contribution in [3.8, 4) is 0 Å². The number of aryl methyl sites for hydroxylation is 2. The van der Waals surface area contributed by atoms with E-state index >= 15 is 0 Å². The zero-order chi connectivity index (χ0) is 13.5. The van der Waals surface area contributed by atoms with Crippen molar-refractivity contribution in [3.05, 3.63) is 29.3 Å². The Kier molecular flexibility index (Phi) is 3.37. The van der Waals surface area contributed by atoms with Crippen LogP contribution in [0.2, 0.25) is 0 Å². The fraction of sp³-hybridized carbons (Fsp3) is 0.571. The van der Waals surface area contributed by atoms with Crippen LogP contribution in [0.4, 0.5) is 0 Å². The first-order chi connectivity index (χ1) is 9.06. The van der Waals surface area contributed by atoms with Crippen molar-refractivity contribution in [2.24, 2.45) is 5.92 Å². The van der Waals surface area contributed by atoms with E-state index in [0.29, 0.717) is 17.4 Å². The molecule has 1 aliphatic heterocycles. The molecule has 104 valence electrons. The van der Waals surface area contributed by atoms with Crippen LogP contribution in [-0.4, -0.2) is 27.5 Å². The molecule has 2 unspecified atom stereocenters. The fourth-order valence-corrected chi connectivity index (χ4v) is 4.35. The van der Waals surface area contributed by atoms with Gasteiger partial charge in [0.1, 0.15) is 0 Å². The molecule has 0 spiro atoms. The Labute approximate surface area is 114 Å². The summed E-state index contributed by atoms with van der Waals surface area (Å²) in [6.45, 7) is 3.65. The third-order valence-corrected chi connectivity index (χ3v) is 5.69. The summed E-state index contributed by atoms with van der Waals surface area (Å²) in [6, 6.07) is 5.54. The third-order valence-electron chi connectivity index (χ3n) is 4.20. The maximum atomic E-state index is 12.4. The first kappa shape index (κ1) is 13.1.